The summed E-state index contributed by atoms with van der Waals surface area (Å²) in [5.41, 5.74) is 8.14. The van der Waals surface area contributed by atoms with Crippen LogP contribution in [-0.4, -0.2) is 21.7 Å². The minimum atomic E-state index is 0.663. The number of aromatic nitrogens is 4. The Balaban J connectivity index is 1.65. The van der Waals surface area contributed by atoms with Crippen LogP contribution in [0.1, 0.15) is 58.5 Å². The van der Waals surface area contributed by atoms with Gasteiger partial charge in [-0.2, -0.15) is 0 Å². The van der Waals surface area contributed by atoms with E-state index in [9.17, 15) is 9.59 Å². The summed E-state index contributed by atoms with van der Waals surface area (Å²) in [5, 5.41) is 0. The van der Waals surface area contributed by atoms with Crippen LogP contribution in [0.15, 0.2) is 98.1 Å². The number of nitrogens with zero attached hydrogens (tertiary/aromatic N) is 4. The predicted octanol–water partition coefficient (Wildman–Crippen LogP) is 5.74. The minimum Gasteiger partial charge on any atom is -0.298 e. The summed E-state index contributed by atoms with van der Waals surface area (Å²) in [4.78, 5) is 22.7. The van der Waals surface area contributed by atoms with E-state index in [2.05, 4.69) is 81.7 Å². The number of aryl methyl sites for hydroxylation is 2. The van der Waals surface area contributed by atoms with Crippen LogP contribution in [0.25, 0.3) is 22.3 Å². The molecular formula is C34H36N4O2+2. The molecule has 0 aliphatic rings. The van der Waals surface area contributed by atoms with Gasteiger partial charge in [0.05, 0.1) is 13.1 Å². The molecule has 5 rings (SSSR count). The topological polar surface area (TPSA) is 51.8 Å². The largest absolute Gasteiger partial charge is 0.298 e. The lowest BCUT2D eigenvalue weighted by Gasteiger charge is -2.16. The number of aldehydes is 2. The van der Waals surface area contributed by atoms with Crippen LogP contribution < -0.4 is 9.13 Å². The highest BCUT2D eigenvalue weighted by Crippen LogP contribution is 2.33. The number of carbonyl (C=O) groups is 2. The zero-order chi connectivity index (χ0) is 27.9. The molecule has 0 bridgehead atoms. The van der Waals surface area contributed by atoms with E-state index in [1.165, 1.54) is 11.1 Å². The molecule has 0 aliphatic heterocycles. The van der Waals surface area contributed by atoms with Gasteiger partial charge in [0.1, 0.15) is 50.4 Å². The zero-order valence-corrected chi connectivity index (χ0v) is 23.2. The van der Waals surface area contributed by atoms with Crippen molar-refractivity contribution in [3.63, 3.8) is 0 Å². The van der Waals surface area contributed by atoms with Crippen molar-refractivity contribution in [1.82, 2.24) is 9.13 Å². The first-order chi connectivity index (χ1) is 19.6. The SMILES string of the molecule is CCCn1cc[n+](Cc2cc(-c3ccc(C=O)cc3)c(C[n+]3ccn(CCC)c3)cc2-c2ccc(C=O)cc2)c1. The molecule has 2 aromatic heterocycles. The molecule has 0 fully saturated rings. The highest BCUT2D eigenvalue weighted by molar-refractivity contribution is 5.81. The molecule has 6 heteroatoms. The Morgan fingerprint density at radius 1 is 0.625 bits per heavy atom. The zero-order valence-electron chi connectivity index (χ0n) is 23.2. The van der Waals surface area contributed by atoms with Gasteiger partial charge in [0.15, 0.2) is 0 Å². The molecule has 0 aliphatic carbocycles. The first-order valence-electron chi connectivity index (χ1n) is 14.0. The van der Waals surface area contributed by atoms with Crippen LogP contribution in [0.2, 0.25) is 0 Å². The number of hydrogen-bond donors (Lipinski definition) is 0. The molecule has 0 N–H and O–H groups in total. The van der Waals surface area contributed by atoms with Crippen molar-refractivity contribution in [2.75, 3.05) is 0 Å². The molecule has 0 unspecified atom stereocenters. The van der Waals surface area contributed by atoms with Gasteiger partial charge in [-0.05, 0) is 47.2 Å². The Kier molecular flexibility index (Phi) is 8.45. The Hall–Kier alpha value is -4.58. The van der Waals surface area contributed by atoms with Crippen molar-refractivity contribution >= 4 is 12.6 Å². The Morgan fingerprint density at radius 3 is 1.38 bits per heavy atom. The van der Waals surface area contributed by atoms with Crippen LogP contribution in [-0.2, 0) is 26.2 Å². The van der Waals surface area contributed by atoms with E-state index in [4.69, 9.17) is 0 Å². The maximum Gasteiger partial charge on any atom is 0.244 e. The molecule has 3 aromatic carbocycles. The third-order valence-electron chi connectivity index (χ3n) is 7.21. The first-order valence-corrected chi connectivity index (χ1v) is 14.0. The Morgan fingerprint density at radius 2 is 1.02 bits per heavy atom. The molecule has 5 aromatic rings. The Labute approximate surface area is 235 Å². The molecule has 202 valence electrons. The van der Waals surface area contributed by atoms with E-state index in [1.807, 2.05) is 48.5 Å². The molecule has 0 saturated heterocycles. The maximum atomic E-state index is 11.3. The van der Waals surface area contributed by atoms with Gasteiger partial charge >= 0.3 is 0 Å². The molecule has 2 heterocycles. The molecule has 0 saturated carbocycles. The molecule has 40 heavy (non-hydrogen) atoms. The van der Waals surface area contributed by atoms with Crippen LogP contribution in [0, 0.1) is 0 Å². The lowest BCUT2D eigenvalue weighted by Crippen LogP contribution is -2.33. The van der Waals surface area contributed by atoms with Gasteiger partial charge in [-0.25, -0.2) is 18.3 Å². The van der Waals surface area contributed by atoms with E-state index in [1.54, 1.807) is 0 Å². The summed E-state index contributed by atoms with van der Waals surface area (Å²) in [7, 11) is 0. The normalized spacial score (nSPS) is 11.1. The monoisotopic (exact) mass is 532 g/mol. The fourth-order valence-corrected chi connectivity index (χ4v) is 5.21. The molecule has 0 amide bonds. The van der Waals surface area contributed by atoms with Gasteiger partial charge in [0.2, 0.25) is 12.7 Å². The van der Waals surface area contributed by atoms with Crippen LogP contribution in [0.5, 0.6) is 0 Å². The second-order valence-electron chi connectivity index (χ2n) is 10.3. The number of rotatable bonds is 12. The summed E-state index contributed by atoms with van der Waals surface area (Å²) < 4.78 is 8.85. The molecule has 0 spiro atoms. The third kappa shape index (κ3) is 6.18. The highest BCUT2D eigenvalue weighted by atomic mass is 16.1. The van der Waals surface area contributed by atoms with Gasteiger partial charge in [-0.1, -0.05) is 62.4 Å². The van der Waals surface area contributed by atoms with Crippen molar-refractivity contribution < 1.29 is 18.7 Å². The molecule has 0 atom stereocenters. The van der Waals surface area contributed by atoms with Gasteiger partial charge in [-0.3, -0.25) is 9.59 Å². The van der Waals surface area contributed by atoms with Gasteiger partial charge in [0, 0.05) is 22.3 Å². The van der Waals surface area contributed by atoms with Gasteiger partial charge in [0.25, 0.3) is 0 Å². The highest BCUT2D eigenvalue weighted by Gasteiger charge is 2.18. The fraction of sp³-hybridized carbons (Fsp3) is 0.235. The quantitative estimate of drug-likeness (QED) is 0.152. The smallest absolute Gasteiger partial charge is 0.244 e. The summed E-state index contributed by atoms with van der Waals surface area (Å²) >= 11 is 0. The third-order valence-corrected chi connectivity index (χ3v) is 7.21. The fourth-order valence-electron chi connectivity index (χ4n) is 5.21. The van der Waals surface area contributed by atoms with E-state index >= 15 is 0 Å². The molecule has 6 nitrogen and oxygen atoms in total. The summed E-state index contributed by atoms with van der Waals surface area (Å²) in [6.45, 7) is 7.74. The van der Waals surface area contributed by atoms with Crippen molar-refractivity contribution in [1.29, 1.82) is 0 Å². The lowest BCUT2D eigenvalue weighted by molar-refractivity contribution is -0.688. The number of carbonyl (C=O) groups excluding carboxylic acids is 2. The second kappa shape index (κ2) is 12.5. The van der Waals surface area contributed by atoms with Gasteiger partial charge < -0.3 is 0 Å². The van der Waals surface area contributed by atoms with Crippen LogP contribution in [0.4, 0.5) is 0 Å². The van der Waals surface area contributed by atoms with E-state index in [0.29, 0.717) is 24.2 Å². The second-order valence-corrected chi connectivity index (χ2v) is 10.3. The van der Waals surface area contributed by atoms with Crippen molar-refractivity contribution in [3.05, 3.63) is 120 Å². The average Bonchev–Trinajstić information content (AvgIpc) is 3.63. The van der Waals surface area contributed by atoms with E-state index in [0.717, 1.165) is 60.8 Å². The van der Waals surface area contributed by atoms with Crippen molar-refractivity contribution in [3.8, 4) is 22.3 Å². The Bertz CT molecular complexity index is 1470. The van der Waals surface area contributed by atoms with E-state index < -0.39 is 0 Å². The van der Waals surface area contributed by atoms with E-state index in [-0.39, 0.29) is 0 Å². The average molecular weight is 533 g/mol. The predicted molar refractivity (Wildman–Crippen MR) is 156 cm³/mol. The van der Waals surface area contributed by atoms with Crippen molar-refractivity contribution in [2.45, 2.75) is 52.9 Å². The summed E-state index contributed by atoms with van der Waals surface area (Å²) in [5.74, 6) is 0. The maximum absolute atomic E-state index is 11.3. The van der Waals surface area contributed by atoms with Gasteiger partial charge in [-0.15, -0.1) is 0 Å². The standard InChI is InChI=1S/C34H36N4O2/c1-3-13-35-15-17-37(25-35)21-31-19-34(30-11-7-28(24-40)8-12-30)32(22-38-18-16-36(26-38)14-4-2)20-33(31)29-9-5-27(23-39)6-10-29/h5-12,15-20,23-26H,3-4,13-14,21-22H2,1-2H3/q+2. The first kappa shape index (κ1) is 27.0. The summed E-state index contributed by atoms with van der Waals surface area (Å²) in [6, 6.07) is 20.2. The number of imidazole rings is 2. The lowest BCUT2D eigenvalue weighted by atomic mass is 9.90. The van der Waals surface area contributed by atoms with Crippen molar-refractivity contribution in [2.24, 2.45) is 0 Å². The minimum absolute atomic E-state index is 0.663. The number of hydrogen-bond acceptors (Lipinski definition) is 2. The molecular weight excluding hydrogens is 496 g/mol. The summed E-state index contributed by atoms with van der Waals surface area (Å²) in [6.07, 6.45) is 16.7. The van der Waals surface area contributed by atoms with Crippen LogP contribution >= 0.6 is 0 Å². The number of benzene rings is 3. The van der Waals surface area contributed by atoms with Crippen LogP contribution in [0.3, 0.4) is 0 Å². The molecule has 0 radical (unpaired) electrons.